The van der Waals surface area contributed by atoms with Gasteiger partial charge in [0.25, 0.3) is 5.91 Å². The summed E-state index contributed by atoms with van der Waals surface area (Å²) in [6, 6.07) is 12.8. The summed E-state index contributed by atoms with van der Waals surface area (Å²) in [6.07, 6.45) is 0.382. The summed E-state index contributed by atoms with van der Waals surface area (Å²) < 4.78 is 26.3. The summed E-state index contributed by atoms with van der Waals surface area (Å²) in [5, 5.41) is 4.77. The van der Waals surface area contributed by atoms with Crippen molar-refractivity contribution in [3.63, 3.8) is 0 Å². The van der Waals surface area contributed by atoms with E-state index in [1.54, 1.807) is 24.4 Å². The number of nitrogens with one attached hydrogen (secondary N) is 1. The van der Waals surface area contributed by atoms with Crippen LogP contribution in [0.1, 0.15) is 29.3 Å². The zero-order valence-corrected chi connectivity index (χ0v) is 21.9. The van der Waals surface area contributed by atoms with Crippen molar-refractivity contribution < 1.29 is 38.1 Å². The van der Waals surface area contributed by atoms with E-state index in [0.717, 1.165) is 11.1 Å². The number of aryl methyl sites for hydroxylation is 1. The molecule has 37 heavy (non-hydrogen) atoms. The quantitative estimate of drug-likeness (QED) is 0.337. The van der Waals surface area contributed by atoms with Crippen LogP contribution in [-0.4, -0.2) is 52.4 Å². The van der Waals surface area contributed by atoms with Gasteiger partial charge < -0.3 is 29.0 Å². The predicted molar refractivity (Wildman–Crippen MR) is 140 cm³/mol. The molecule has 1 aromatic heterocycles. The van der Waals surface area contributed by atoms with Crippen molar-refractivity contribution in [3.05, 3.63) is 59.0 Å². The first-order valence-corrected chi connectivity index (χ1v) is 12.4. The smallest absolute Gasteiger partial charge is 0.341 e. The molecule has 0 spiro atoms. The molecule has 0 radical (unpaired) electrons. The molecule has 0 fully saturated rings. The zero-order chi connectivity index (χ0) is 26.8. The molecule has 0 aliphatic rings. The maximum atomic E-state index is 12.6. The number of hydrogen-bond donors (Lipinski definition) is 1. The summed E-state index contributed by atoms with van der Waals surface area (Å²) in [6.45, 7) is 1.41. The lowest BCUT2D eigenvalue weighted by Crippen LogP contribution is -2.22. The molecule has 0 aliphatic heterocycles. The van der Waals surface area contributed by atoms with Crippen LogP contribution in [0.25, 0.3) is 11.1 Å². The average Bonchev–Trinajstić information content (AvgIpc) is 3.34. The minimum absolute atomic E-state index is 0.0388. The number of rotatable bonds is 12. The van der Waals surface area contributed by atoms with Gasteiger partial charge in [0.15, 0.2) is 18.1 Å². The van der Waals surface area contributed by atoms with E-state index in [1.807, 2.05) is 30.3 Å². The minimum atomic E-state index is -0.562. The van der Waals surface area contributed by atoms with Gasteiger partial charge in [-0.25, -0.2) is 4.79 Å². The van der Waals surface area contributed by atoms with Crippen molar-refractivity contribution in [2.75, 3.05) is 39.9 Å². The van der Waals surface area contributed by atoms with Gasteiger partial charge in [0.1, 0.15) is 10.6 Å². The van der Waals surface area contributed by atoms with E-state index in [2.05, 4.69) is 5.32 Å². The van der Waals surface area contributed by atoms with Crippen LogP contribution in [0.2, 0.25) is 0 Å². The fourth-order valence-electron chi connectivity index (χ4n) is 3.59. The monoisotopic (exact) mass is 527 g/mol. The molecule has 0 unspecified atom stereocenters. The normalized spacial score (nSPS) is 10.4. The van der Waals surface area contributed by atoms with Crippen molar-refractivity contribution >= 4 is 34.2 Å². The van der Waals surface area contributed by atoms with Crippen LogP contribution in [0.3, 0.4) is 0 Å². The van der Waals surface area contributed by atoms with E-state index in [4.69, 9.17) is 23.7 Å². The Morgan fingerprint density at radius 2 is 1.59 bits per heavy atom. The number of hydrogen-bond acceptors (Lipinski definition) is 9. The molecule has 196 valence electrons. The number of anilines is 1. The molecule has 10 heteroatoms. The van der Waals surface area contributed by atoms with Crippen molar-refractivity contribution in [1.29, 1.82) is 0 Å². The first-order valence-electron chi connectivity index (χ1n) is 11.5. The van der Waals surface area contributed by atoms with Gasteiger partial charge in [0.05, 0.1) is 27.9 Å². The molecule has 0 saturated heterocycles. The molecule has 0 aliphatic carbocycles. The van der Waals surface area contributed by atoms with Crippen LogP contribution in [-0.2, 0) is 25.5 Å². The summed E-state index contributed by atoms with van der Waals surface area (Å²) in [5.41, 5.74) is 2.52. The van der Waals surface area contributed by atoms with E-state index >= 15 is 0 Å². The first kappa shape index (κ1) is 27.5. The predicted octanol–water partition coefficient (Wildman–Crippen LogP) is 4.73. The maximum Gasteiger partial charge on any atom is 0.341 e. The molecule has 3 aromatic rings. The van der Waals surface area contributed by atoms with Gasteiger partial charge in [0.2, 0.25) is 5.75 Å². The Labute approximate surface area is 219 Å². The Morgan fingerprint density at radius 1 is 0.919 bits per heavy atom. The highest BCUT2D eigenvalue weighted by atomic mass is 32.1. The van der Waals surface area contributed by atoms with Gasteiger partial charge in [-0.3, -0.25) is 9.59 Å². The van der Waals surface area contributed by atoms with Gasteiger partial charge >= 0.3 is 11.9 Å². The van der Waals surface area contributed by atoms with Gasteiger partial charge in [-0.15, -0.1) is 11.3 Å². The van der Waals surface area contributed by atoms with Crippen molar-refractivity contribution in [3.8, 4) is 28.4 Å². The Morgan fingerprint density at radius 3 is 2.19 bits per heavy atom. The number of methoxy groups -OCH3 is 3. The van der Waals surface area contributed by atoms with Gasteiger partial charge in [-0.2, -0.15) is 0 Å². The Balaban J connectivity index is 1.61. The number of thiophene rings is 1. The van der Waals surface area contributed by atoms with Crippen molar-refractivity contribution in [2.45, 2.75) is 19.8 Å². The highest BCUT2D eigenvalue weighted by Gasteiger charge is 2.23. The molecular weight excluding hydrogens is 498 g/mol. The highest BCUT2D eigenvalue weighted by Crippen LogP contribution is 2.38. The molecule has 9 nitrogen and oxygen atoms in total. The summed E-state index contributed by atoms with van der Waals surface area (Å²) in [4.78, 5) is 37.5. The molecule has 2 aromatic carbocycles. The molecule has 0 bridgehead atoms. The lowest BCUT2D eigenvalue weighted by atomic mass is 10.0. The number of amides is 1. The third-order valence-electron chi connectivity index (χ3n) is 5.31. The molecule has 1 N–H and O–H groups in total. The first-order chi connectivity index (χ1) is 17.9. The number of carbonyl (C=O) groups is 3. The van der Waals surface area contributed by atoms with Crippen LogP contribution < -0.4 is 19.5 Å². The highest BCUT2D eigenvalue weighted by molar-refractivity contribution is 7.15. The standard InChI is InChI=1S/C27H29NO8S/c1-5-35-27(31)24-19(18-9-7-6-8-10-18)16-37-26(24)28-22(29)15-36-23(30)12-11-17-13-20(32-2)25(34-4)21(14-17)33-3/h6-10,13-14,16H,5,11-12,15H2,1-4H3,(H,28,29). The van der Waals surface area contributed by atoms with E-state index in [1.165, 1.54) is 32.7 Å². The fraction of sp³-hybridized carbons (Fsp3) is 0.296. The van der Waals surface area contributed by atoms with Gasteiger partial charge in [0, 0.05) is 17.4 Å². The molecular formula is C27H29NO8S. The lowest BCUT2D eigenvalue weighted by Gasteiger charge is -2.14. The van der Waals surface area contributed by atoms with E-state index < -0.39 is 24.5 Å². The summed E-state index contributed by atoms with van der Waals surface area (Å²) >= 11 is 1.20. The third kappa shape index (κ3) is 7.01. The SMILES string of the molecule is CCOC(=O)c1c(-c2ccccc2)csc1NC(=O)COC(=O)CCc1cc(OC)c(OC)c(OC)c1. The molecule has 0 saturated carbocycles. The second-order valence-corrected chi connectivity index (χ2v) is 8.56. The number of carbonyl (C=O) groups excluding carboxylic acids is 3. The lowest BCUT2D eigenvalue weighted by molar-refractivity contribution is -0.147. The minimum Gasteiger partial charge on any atom is -0.493 e. The van der Waals surface area contributed by atoms with E-state index in [0.29, 0.717) is 34.2 Å². The van der Waals surface area contributed by atoms with Crippen molar-refractivity contribution in [1.82, 2.24) is 0 Å². The van der Waals surface area contributed by atoms with Gasteiger partial charge in [-0.05, 0) is 36.6 Å². The number of benzene rings is 2. The maximum absolute atomic E-state index is 12.6. The van der Waals surface area contributed by atoms with Gasteiger partial charge in [-0.1, -0.05) is 30.3 Å². The summed E-state index contributed by atoms with van der Waals surface area (Å²) in [5.74, 6) is -0.237. The topological polar surface area (TPSA) is 109 Å². The molecule has 0 atom stereocenters. The van der Waals surface area contributed by atoms with Crippen LogP contribution in [0.15, 0.2) is 47.8 Å². The molecule has 1 amide bonds. The largest absolute Gasteiger partial charge is 0.493 e. The molecule has 1 heterocycles. The second kappa shape index (κ2) is 13.3. The number of esters is 2. The Kier molecular flexibility index (Phi) is 9.91. The molecule has 3 rings (SSSR count). The van der Waals surface area contributed by atoms with Crippen molar-refractivity contribution in [2.24, 2.45) is 0 Å². The second-order valence-electron chi connectivity index (χ2n) is 7.68. The van der Waals surface area contributed by atoms with Crippen LogP contribution in [0, 0.1) is 0 Å². The fourth-order valence-corrected chi connectivity index (χ4v) is 4.57. The van der Waals surface area contributed by atoms with Crippen LogP contribution in [0.5, 0.6) is 17.2 Å². The van der Waals surface area contributed by atoms with E-state index in [9.17, 15) is 14.4 Å². The summed E-state index contributed by atoms with van der Waals surface area (Å²) in [7, 11) is 4.53. The van der Waals surface area contributed by atoms with E-state index in [-0.39, 0.29) is 18.6 Å². The zero-order valence-electron chi connectivity index (χ0n) is 21.1. The third-order valence-corrected chi connectivity index (χ3v) is 6.21. The van der Waals surface area contributed by atoms with Crippen LogP contribution in [0.4, 0.5) is 5.00 Å². The van der Waals surface area contributed by atoms with Crippen LogP contribution >= 0.6 is 11.3 Å². The average molecular weight is 528 g/mol. The Hall–Kier alpha value is -4.05. The number of ether oxygens (including phenoxy) is 5. The Bertz CT molecular complexity index is 1210.